The highest BCUT2D eigenvalue weighted by molar-refractivity contribution is 7.89. The Morgan fingerprint density at radius 3 is 2.60 bits per heavy atom. The Hall–Kier alpha value is -1.64. The van der Waals surface area contributed by atoms with Gasteiger partial charge >= 0.3 is 0 Å². The third-order valence-corrected chi connectivity index (χ3v) is 4.77. The third-order valence-electron chi connectivity index (χ3n) is 2.73. The minimum Gasteiger partial charge on any atom is -0.399 e. The molecule has 2 aromatic rings. The molecule has 2 rings (SSSR count). The van der Waals surface area contributed by atoms with E-state index in [4.69, 9.17) is 10.9 Å². The molecule has 0 atom stereocenters. The van der Waals surface area contributed by atoms with E-state index in [1.807, 2.05) is 19.2 Å². The smallest absolute Gasteiger partial charge is 0.240 e. The van der Waals surface area contributed by atoms with E-state index in [0.717, 1.165) is 5.01 Å². The summed E-state index contributed by atoms with van der Waals surface area (Å²) in [5.74, 6) is 0. The summed E-state index contributed by atoms with van der Waals surface area (Å²) in [5, 5.41) is 11.1. The largest absolute Gasteiger partial charge is 0.399 e. The maximum Gasteiger partial charge on any atom is 0.240 e. The highest BCUT2D eigenvalue weighted by Crippen LogP contribution is 2.31. The number of sulfonamides is 1. The van der Waals surface area contributed by atoms with Crippen LogP contribution in [0.15, 0.2) is 34.7 Å². The second-order valence-corrected chi connectivity index (χ2v) is 7.31. The lowest BCUT2D eigenvalue weighted by Crippen LogP contribution is -2.29. The molecular weight excluding hydrogens is 296 g/mol. The molecule has 0 saturated heterocycles. The second-order valence-electron chi connectivity index (χ2n) is 4.89. The van der Waals surface area contributed by atoms with Crippen LogP contribution in [0.25, 0.3) is 0 Å². The number of nitrogen functional groups attached to an aromatic ring is 1. The van der Waals surface area contributed by atoms with E-state index in [-0.39, 0.29) is 4.90 Å². The van der Waals surface area contributed by atoms with Crippen molar-refractivity contribution < 1.29 is 8.42 Å². The maximum absolute atomic E-state index is 11.6. The summed E-state index contributed by atoms with van der Waals surface area (Å²) in [6.07, 6.45) is 1.70. The molecule has 0 radical (unpaired) electrons. The van der Waals surface area contributed by atoms with Crippen LogP contribution in [-0.4, -0.2) is 13.4 Å². The molecule has 0 aliphatic carbocycles. The summed E-state index contributed by atoms with van der Waals surface area (Å²) in [7, 11) is -3.86. The van der Waals surface area contributed by atoms with E-state index in [9.17, 15) is 8.42 Å². The van der Waals surface area contributed by atoms with Gasteiger partial charge in [-0.05, 0) is 32.0 Å². The molecule has 1 aromatic heterocycles. The van der Waals surface area contributed by atoms with Crippen molar-refractivity contribution in [1.29, 1.82) is 0 Å². The SMILES string of the molecule is CC(C)(Nc1ccc(N)cc1S(N)(=O)=O)c1nccs1. The summed E-state index contributed by atoms with van der Waals surface area (Å²) in [4.78, 5) is 4.22. The highest BCUT2D eigenvalue weighted by Gasteiger charge is 2.26. The van der Waals surface area contributed by atoms with Crippen molar-refractivity contribution in [3.05, 3.63) is 34.8 Å². The minimum atomic E-state index is -3.86. The van der Waals surface area contributed by atoms with Crippen LogP contribution in [0.1, 0.15) is 18.9 Å². The molecule has 1 aromatic carbocycles. The predicted octanol–water partition coefficient (Wildman–Crippen LogP) is 1.72. The van der Waals surface area contributed by atoms with Crippen LogP contribution in [-0.2, 0) is 15.6 Å². The summed E-state index contributed by atoms with van der Waals surface area (Å²) >= 11 is 1.49. The molecule has 20 heavy (non-hydrogen) atoms. The zero-order valence-corrected chi connectivity index (χ0v) is 12.8. The van der Waals surface area contributed by atoms with Gasteiger partial charge in [-0.15, -0.1) is 11.3 Å². The molecule has 0 aliphatic rings. The number of nitrogens with two attached hydrogens (primary N) is 2. The Balaban J connectivity index is 2.45. The Labute approximate surface area is 121 Å². The van der Waals surface area contributed by atoms with E-state index < -0.39 is 15.6 Å². The van der Waals surface area contributed by atoms with Crippen LogP contribution < -0.4 is 16.2 Å². The summed E-state index contributed by atoms with van der Waals surface area (Å²) in [6.45, 7) is 3.82. The lowest BCUT2D eigenvalue weighted by atomic mass is 10.1. The van der Waals surface area contributed by atoms with Crippen molar-refractivity contribution >= 4 is 32.7 Å². The topological polar surface area (TPSA) is 111 Å². The Morgan fingerprint density at radius 1 is 1.35 bits per heavy atom. The average Bonchev–Trinajstić information content (AvgIpc) is 2.84. The summed E-state index contributed by atoms with van der Waals surface area (Å²) < 4.78 is 23.3. The molecule has 0 aliphatic heterocycles. The maximum atomic E-state index is 11.6. The number of hydrogen-bond donors (Lipinski definition) is 3. The first-order valence-corrected chi connectivity index (χ1v) is 8.23. The van der Waals surface area contributed by atoms with Gasteiger partial charge in [0.15, 0.2) is 0 Å². The Kier molecular flexibility index (Phi) is 3.72. The molecular formula is C12H16N4O2S2. The van der Waals surface area contributed by atoms with Gasteiger partial charge in [-0.3, -0.25) is 0 Å². The molecule has 0 bridgehead atoms. The van der Waals surface area contributed by atoms with Crippen LogP contribution in [0.2, 0.25) is 0 Å². The Bertz CT molecular complexity index is 709. The van der Waals surface area contributed by atoms with Gasteiger partial charge in [0.25, 0.3) is 0 Å². The molecule has 0 spiro atoms. The number of nitrogens with zero attached hydrogens (tertiary/aromatic N) is 1. The van der Waals surface area contributed by atoms with Crippen molar-refractivity contribution in [3.8, 4) is 0 Å². The van der Waals surface area contributed by atoms with E-state index >= 15 is 0 Å². The zero-order chi connectivity index (χ0) is 15.0. The molecule has 5 N–H and O–H groups in total. The summed E-state index contributed by atoms with van der Waals surface area (Å²) in [6, 6.07) is 4.56. The standard InChI is InChI=1S/C12H16N4O2S2/c1-12(2,11-15-5-6-19-11)16-9-4-3-8(13)7-10(9)20(14,17)18/h3-7,16H,13H2,1-2H3,(H2,14,17,18). The Morgan fingerprint density at radius 2 is 2.05 bits per heavy atom. The van der Waals surface area contributed by atoms with Gasteiger partial charge in [0.2, 0.25) is 10.0 Å². The highest BCUT2D eigenvalue weighted by atomic mass is 32.2. The molecule has 0 amide bonds. The van der Waals surface area contributed by atoms with Gasteiger partial charge < -0.3 is 11.1 Å². The van der Waals surface area contributed by atoms with E-state index in [2.05, 4.69) is 10.3 Å². The third kappa shape index (κ3) is 3.09. The average molecular weight is 312 g/mol. The molecule has 8 heteroatoms. The predicted molar refractivity (Wildman–Crippen MR) is 81.0 cm³/mol. The van der Waals surface area contributed by atoms with Gasteiger partial charge in [0.05, 0.1) is 11.2 Å². The molecule has 0 unspecified atom stereocenters. The van der Waals surface area contributed by atoms with Gasteiger partial charge in [0, 0.05) is 17.3 Å². The number of nitrogens with one attached hydrogen (secondary N) is 1. The molecule has 6 nitrogen and oxygen atoms in total. The van der Waals surface area contributed by atoms with Gasteiger partial charge in [-0.2, -0.15) is 0 Å². The first-order valence-electron chi connectivity index (χ1n) is 5.80. The molecule has 0 fully saturated rings. The zero-order valence-electron chi connectivity index (χ0n) is 11.1. The van der Waals surface area contributed by atoms with Crippen molar-refractivity contribution in [2.75, 3.05) is 11.1 Å². The lowest BCUT2D eigenvalue weighted by molar-refractivity contribution is 0.591. The fourth-order valence-electron chi connectivity index (χ4n) is 1.80. The van der Waals surface area contributed by atoms with E-state index in [0.29, 0.717) is 11.4 Å². The van der Waals surface area contributed by atoms with Crippen LogP contribution in [0, 0.1) is 0 Å². The van der Waals surface area contributed by atoms with Crippen LogP contribution in [0.5, 0.6) is 0 Å². The number of thiazole rings is 1. The van der Waals surface area contributed by atoms with Gasteiger partial charge in [0.1, 0.15) is 9.90 Å². The van der Waals surface area contributed by atoms with Crippen molar-refractivity contribution in [2.45, 2.75) is 24.3 Å². The number of benzene rings is 1. The number of hydrogen-bond acceptors (Lipinski definition) is 6. The van der Waals surface area contributed by atoms with Crippen molar-refractivity contribution in [2.24, 2.45) is 5.14 Å². The second kappa shape index (κ2) is 5.04. The quantitative estimate of drug-likeness (QED) is 0.744. The number of rotatable bonds is 4. The van der Waals surface area contributed by atoms with E-state index in [1.54, 1.807) is 18.3 Å². The fraction of sp³-hybridized carbons (Fsp3) is 0.250. The van der Waals surface area contributed by atoms with E-state index in [1.165, 1.54) is 17.4 Å². The lowest BCUT2D eigenvalue weighted by Gasteiger charge is -2.26. The molecule has 1 heterocycles. The first kappa shape index (κ1) is 14.8. The minimum absolute atomic E-state index is 0.0258. The van der Waals surface area contributed by atoms with Crippen LogP contribution >= 0.6 is 11.3 Å². The number of anilines is 2. The number of aromatic nitrogens is 1. The van der Waals surface area contributed by atoms with Crippen molar-refractivity contribution in [1.82, 2.24) is 4.98 Å². The fourth-order valence-corrected chi connectivity index (χ4v) is 3.24. The summed E-state index contributed by atoms with van der Waals surface area (Å²) in [5.41, 5.74) is 5.84. The first-order chi connectivity index (χ1) is 9.20. The van der Waals surface area contributed by atoms with Crippen LogP contribution in [0.3, 0.4) is 0 Å². The van der Waals surface area contributed by atoms with Gasteiger partial charge in [-0.1, -0.05) is 0 Å². The van der Waals surface area contributed by atoms with Crippen LogP contribution in [0.4, 0.5) is 11.4 Å². The molecule has 108 valence electrons. The van der Waals surface area contributed by atoms with Crippen molar-refractivity contribution in [3.63, 3.8) is 0 Å². The monoisotopic (exact) mass is 312 g/mol. The number of primary sulfonamides is 1. The normalized spacial score (nSPS) is 12.3. The van der Waals surface area contributed by atoms with Gasteiger partial charge in [-0.25, -0.2) is 18.5 Å². The molecule has 0 saturated carbocycles.